The fourth-order valence-corrected chi connectivity index (χ4v) is 4.56. The van der Waals surface area contributed by atoms with Crippen LogP contribution in [0.2, 0.25) is 10.0 Å². The van der Waals surface area contributed by atoms with Gasteiger partial charge in [-0.05, 0) is 30.5 Å². The lowest BCUT2D eigenvalue weighted by Gasteiger charge is -2.11. The average molecular weight is 445 g/mol. The molecule has 0 saturated carbocycles. The Bertz CT molecular complexity index is 796. The zero-order valence-electron chi connectivity index (χ0n) is 16.1. The van der Waals surface area contributed by atoms with Gasteiger partial charge in [0.15, 0.2) is 0 Å². The Kier molecular flexibility index (Phi) is 9.55. The van der Waals surface area contributed by atoms with E-state index in [-0.39, 0.29) is 19.1 Å². The summed E-state index contributed by atoms with van der Waals surface area (Å²) < 4.78 is 5.21. The number of amides is 1. The minimum absolute atomic E-state index is 0.0373. The predicted octanol–water partition coefficient (Wildman–Crippen LogP) is 4.84. The van der Waals surface area contributed by atoms with Crippen molar-refractivity contribution in [2.75, 3.05) is 38.2 Å². The van der Waals surface area contributed by atoms with Crippen LogP contribution >= 0.6 is 34.5 Å². The number of nitrogens with one attached hydrogen (secondary N) is 2. The summed E-state index contributed by atoms with van der Waals surface area (Å²) in [6.45, 7) is 5.92. The molecule has 0 bridgehead atoms. The van der Waals surface area contributed by atoms with Gasteiger partial charge in [-0.2, -0.15) is 0 Å². The Morgan fingerprint density at radius 2 is 2.00 bits per heavy atom. The zero-order chi connectivity index (χ0) is 20.5. The number of carbonyl (C=O) groups is 1. The summed E-state index contributed by atoms with van der Waals surface area (Å²) in [6, 6.07) is 5.33. The molecule has 154 valence electrons. The SMILES string of the molecule is CCCNc1sc(C(=O)NCCOCCO)c(-c2ccc(Cl)cc2Cl)c1CC. The zero-order valence-corrected chi connectivity index (χ0v) is 18.4. The van der Waals surface area contributed by atoms with E-state index in [0.717, 1.165) is 41.1 Å². The van der Waals surface area contributed by atoms with Crippen molar-refractivity contribution < 1.29 is 14.6 Å². The van der Waals surface area contributed by atoms with Crippen molar-refractivity contribution in [3.05, 3.63) is 38.7 Å². The molecule has 0 atom stereocenters. The van der Waals surface area contributed by atoms with Gasteiger partial charge in [-0.1, -0.05) is 43.1 Å². The maximum absolute atomic E-state index is 12.9. The van der Waals surface area contributed by atoms with E-state index in [4.69, 9.17) is 33.0 Å². The fraction of sp³-hybridized carbons (Fsp3) is 0.450. The Morgan fingerprint density at radius 1 is 1.21 bits per heavy atom. The largest absolute Gasteiger partial charge is 0.394 e. The maximum Gasteiger partial charge on any atom is 0.262 e. The fourth-order valence-electron chi connectivity index (χ4n) is 2.80. The van der Waals surface area contributed by atoms with Gasteiger partial charge in [-0.3, -0.25) is 4.79 Å². The Labute approximate surface area is 180 Å². The van der Waals surface area contributed by atoms with Crippen LogP contribution in [0.25, 0.3) is 11.1 Å². The molecule has 28 heavy (non-hydrogen) atoms. The van der Waals surface area contributed by atoms with Crippen molar-refractivity contribution in [1.29, 1.82) is 0 Å². The normalized spacial score (nSPS) is 10.9. The maximum atomic E-state index is 12.9. The molecule has 0 saturated heterocycles. The number of aliphatic hydroxyl groups excluding tert-OH is 1. The Balaban J connectivity index is 2.39. The lowest BCUT2D eigenvalue weighted by molar-refractivity contribution is 0.0840. The highest BCUT2D eigenvalue weighted by atomic mass is 35.5. The van der Waals surface area contributed by atoms with Crippen molar-refractivity contribution in [1.82, 2.24) is 5.32 Å². The quantitative estimate of drug-likeness (QED) is 0.433. The van der Waals surface area contributed by atoms with Crippen LogP contribution in [0.5, 0.6) is 0 Å². The number of thiophene rings is 1. The molecular weight excluding hydrogens is 419 g/mol. The molecule has 2 rings (SSSR count). The van der Waals surface area contributed by atoms with Crippen molar-refractivity contribution in [2.24, 2.45) is 0 Å². The molecule has 0 aliphatic carbocycles. The molecular formula is C20H26Cl2N2O3S. The predicted molar refractivity (Wildman–Crippen MR) is 118 cm³/mol. The van der Waals surface area contributed by atoms with Gasteiger partial charge in [0.1, 0.15) is 4.88 Å². The van der Waals surface area contributed by atoms with Crippen LogP contribution in [0.3, 0.4) is 0 Å². The van der Waals surface area contributed by atoms with Gasteiger partial charge >= 0.3 is 0 Å². The van der Waals surface area contributed by atoms with Crippen LogP contribution in [0, 0.1) is 0 Å². The lowest BCUT2D eigenvalue weighted by Crippen LogP contribution is -2.27. The molecule has 0 aliphatic heterocycles. The summed E-state index contributed by atoms with van der Waals surface area (Å²) in [5, 5.41) is 17.1. The Morgan fingerprint density at radius 3 is 2.64 bits per heavy atom. The van der Waals surface area contributed by atoms with Crippen LogP contribution in [-0.2, 0) is 11.2 Å². The molecule has 3 N–H and O–H groups in total. The molecule has 1 aromatic carbocycles. The minimum atomic E-state index is -0.169. The smallest absolute Gasteiger partial charge is 0.262 e. The van der Waals surface area contributed by atoms with Gasteiger partial charge < -0.3 is 20.5 Å². The number of hydrogen-bond acceptors (Lipinski definition) is 5. The minimum Gasteiger partial charge on any atom is -0.394 e. The summed E-state index contributed by atoms with van der Waals surface area (Å²) in [7, 11) is 0. The number of benzene rings is 1. The summed E-state index contributed by atoms with van der Waals surface area (Å²) in [5.41, 5.74) is 2.72. The topological polar surface area (TPSA) is 70.6 Å². The molecule has 0 radical (unpaired) electrons. The van der Waals surface area contributed by atoms with E-state index in [0.29, 0.717) is 28.1 Å². The molecule has 0 unspecified atom stereocenters. The third-order valence-electron chi connectivity index (χ3n) is 4.07. The van der Waals surface area contributed by atoms with E-state index in [1.165, 1.54) is 11.3 Å². The molecule has 0 spiro atoms. The summed E-state index contributed by atoms with van der Waals surface area (Å²) in [6.07, 6.45) is 1.76. The lowest BCUT2D eigenvalue weighted by atomic mass is 9.99. The van der Waals surface area contributed by atoms with E-state index < -0.39 is 0 Å². The number of ether oxygens (including phenoxy) is 1. The van der Waals surface area contributed by atoms with Crippen molar-refractivity contribution >= 4 is 45.4 Å². The highest BCUT2D eigenvalue weighted by molar-refractivity contribution is 7.18. The number of halogens is 2. The second-order valence-corrected chi connectivity index (χ2v) is 7.97. The van der Waals surface area contributed by atoms with Crippen LogP contribution in [0.15, 0.2) is 18.2 Å². The number of aliphatic hydroxyl groups is 1. The average Bonchev–Trinajstić information content (AvgIpc) is 3.04. The number of rotatable bonds is 11. The van der Waals surface area contributed by atoms with Gasteiger partial charge in [0.2, 0.25) is 0 Å². The van der Waals surface area contributed by atoms with Crippen molar-refractivity contribution in [3.63, 3.8) is 0 Å². The standard InChI is InChI=1S/C20H26Cl2N2O3S/c1-3-7-24-20-14(4-2)17(15-6-5-13(21)12-16(15)22)18(28-20)19(26)23-8-10-27-11-9-25/h5-6,12,24-25H,3-4,7-11H2,1-2H3,(H,23,26). The Hall–Kier alpha value is -1.31. The first-order chi connectivity index (χ1) is 13.5. The molecule has 1 aromatic heterocycles. The van der Waals surface area contributed by atoms with Gasteiger partial charge in [-0.15, -0.1) is 11.3 Å². The molecule has 5 nitrogen and oxygen atoms in total. The highest BCUT2D eigenvalue weighted by Gasteiger charge is 2.24. The second kappa shape index (κ2) is 11.6. The molecule has 1 heterocycles. The van der Waals surface area contributed by atoms with Crippen LogP contribution in [0.1, 0.15) is 35.5 Å². The highest BCUT2D eigenvalue weighted by Crippen LogP contribution is 2.43. The van der Waals surface area contributed by atoms with Gasteiger partial charge in [0.05, 0.1) is 24.8 Å². The van der Waals surface area contributed by atoms with E-state index in [1.807, 2.05) is 6.07 Å². The second-order valence-electron chi connectivity index (χ2n) is 6.11. The van der Waals surface area contributed by atoms with E-state index in [2.05, 4.69) is 24.5 Å². The molecule has 8 heteroatoms. The van der Waals surface area contributed by atoms with Crippen LogP contribution in [0.4, 0.5) is 5.00 Å². The van der Waals surface area contributed by atoms with Crippen molar-refractivity contribution in [2.45, 2.75) is 26.7 Å². The molecule has 0 aliphatic rings. The monoisotopic (exact) mass is 444 g/mol. The molecule has 0 fully saturated rings. The first-order valence-electron chi connectivity index (χ1n) is 9.35. The van der Waals surface area contributed by atoms with Gasteiger partial charge in [-0.25, -0.2) is 0 Å². The third-order valence-corrected chi connectivity index (χ3v) is 5.81. The summed E-state index contributed by atoms with van der Waals surface area (Å²) >= 11 is 14.0. The number of anilines is 1. The molecule has 2 aromatic rings. The van der Waals surface area contributed by atoms with E-state index >= 15 is 0 Å². The van der Waals surface area contributed by atoms with Gasteiger partial charge in [0.25, 0.3) is 5.91 Å². The van der Waals surface area contributed by atoms with Crippen molar-refractivity contribution in [3.8, 4) is 11.1 Å². The molecule has 1 amide bonds. The first-order valence-corrected chi connectivity index (χ1v) is 10.9. The van der Waals surface area contributed by atoms with E-state index in [9.17, 15) is 4.79 Å². The van der Waals surface area contributed by atoms with Crippen LogP contribution < -0.4 is 10.6 Å². The van der Waals surface area contributed by atoms with E-state index in [1.54, 1.807) is 12.1 Å². The first kappa shape index (κ1) is 23.0. The summed E-state index contributed by atoms with van der Waals surface area (Å²) in [4.78, 5) is 13.5. The van der Waals surface area contributed by atoms with Gasteiger partial charge in [0, 0.05) is 34.3 Å². The number of hydrogen-bond donors (Lipinski definition) is 3. The number of carbonyl (C=O) groups excluding carboxylic acids is 1. The van der Waals surface area contributed by atoms with Crippen LogP contribution in [-0.4, -0.2) is 43.9 Å². The third kappa shape index (κ3) is 5.84. The summed E-state index contributed by atoms with van der Waals surface area (Å²) in [5.74, 6) is -0.169.